The summed E-state index contributed by atoms with van der Waals surface area (Å²) < 4.78 is 36.9. The van der Waals surface area contributed by atoms with Crippen LogP contribution in [0.2, 0.25) is 0 Å². The van der Waals surface area contributed by atoms with E-state index in [-0.39, 0.29) is 17.8 Å². The van der Waals surface area contributed by atoms with Crippen LogP contribution in [0.3, 0.4) is 0 Å². The molecule has 0 saturated carbocycles. The Hall–Kier alpha value is -1.09. The number of hydrogen-bond acceptors (Lipinski definition) is 4. The summed E-state index contributed by atoms with van der Waals surface area (Å²) >= 11 is 2.44. The number of nitrogens with zero attached hydrogens (tertiary/aromatic N) is 1. The first-order valence-corrected chi connectivity index (χ1v) is 6.81. The summed E-state index contributed by atoms with van der Waals surface area (Å²) in [4.78, 5) is 20.7. The van der Waals surface area contributed by atoms with Gasteiger partial charge in [-0.3, -0.25) is 14.9 Å². The summed E-state index contributed by atoms with van der Waals surface area (Å²) in [6.45, 7) is 0. The van der Waals surface area contributed by atoms with Crippen molar-refractivity contribution in [3.63, 3.8) is 0 Å². The Morgan fingerprint density at radius 1 is 1.42 bits per heavy atom. The van der Waals surface area contributed by atoms with Crippen LogP contribution >= 0.6 is 27.7 Å². The minimum absolute atomic E-state index is 0.0248. The predicted molar refractivity (Wildman–Crippen MR) is 67.7 cm³/mol. The van der Waals surface area contributed by atoms with Gasteiger partial charge in [0, 0.05) is 23.4 Å². The smallest absolute Gasteiger partial charge is 0.294 e. The highest BCUT2D eigenvalue weighted by molar-refractivity contribution is 9.09. The van der Waals surface area contributed by atoms with Crippen LogP contribution in [0.25, 0.3) is 0 Å². The molecule has 1 rings (SSSR count). The second-order valence-corrected chi connectivity index (χ2v) is 5.25. The summed E-state index contributed by atoms with van der Waals surface area (Å²) in [6, 6.07) is 2.97. The van der Waals surface area contributed by atoms with Crippen LogP contribution in [0.5, 0.6) is 0 Å². The summed E-state index contributed by atoms with van der Waals surface area (Å²) in [5.74, 6) is -0.379. The van der Waals surface area contributed by atoms with Crippen LogP contribution in [-0.4, -0.2) is 21.5 Å². The van der Waals surface area contributed by atoms with Gasteiger partial charge in [0.1, 0.15) is 0 Å². The maximum Gasteiger partial charge on any atom is 0.446 e. The van der Waals surface area contributed by atoms with Crippen LogP contribution < -0.4 is 0 Å². The van der Waals surface area contributed by atoms with Crippen molar-refractivity contribution in [2.24, 2.45) is 0 Å². The molecule has 0 heterocycles. The van der Waals surface area contributed by atoms with Crippen LogP contribution in [0, 0.1) is 10.1 Å². The fourth-order valence-corrected chi connectivity index (χ4v) is 2.32. The lowest BCUT2D eigenvalue weighted by Gasteiger charge is -2.07. The molecule has 0 spiro atoms. The lowest BCUT2D eigenvalue weighted by Crippen LogP contribution is -2.04. The minimum Gasteiger partial charge on any atom is -0.294 e. The van der Waals surface area contributed by atoms with Crippen LogP contribution in [-0.2, 0) is 0 Å². The molecule has 0 aromatic heterocycles. The molecular formula is C10H7BrF3NO3S. The molecule has 0 radical (unpaired) electrons. The van der Waals surface area contributed by atoms with Gasteiger partial charge < -0.3 is 0 Å². The molecule has 0 bridgehead atoms. The second kappa shape index (κ2) is 6.38. The van der Waals surface area contributed by atoms with Crippen LogP contribution in [0.4, 0.5) is 18.9 Å². The highest BCUT2D eigenvalue weighted by Gasteiger charge is 2.33. The highest BCUT2D eigenvalue weighted by atomic mass is 79.9. The number of nitro groups is 1. The molecule has 0 N–H and O–H groups in total. The van der Waals surface area contributed by atoms with Gasteiger partial charge in [0.15, 0.2) is 5.78 Å². The number of Topliss-reactive ketones (excluding diaryl/α,β-unsaturated/α-hetero) is 1. The topological polar surface area (TPSA) is 60.2 Å². The van der Waals surface area contributed by atoms with Crippen molar-refractivity contribution in [2.45, 2.75) is 16.8 Å². The van der Waals surface area contributed by atoms with E-state index in [1.54, 1.807) is 0 Å². The van der Waals surface area contributed by atoms with Gasteiger partial charge in [-0.25, -0.2) is 0 Å². The monoisotopic (exact) mass is 357 g/mol. The molecule has 0 aliphatic heterocycles. The van der Waals surface area contributed by atoms with E-state index >= 15 is 0 Å². The molecule has 104 valence electrons. The Balaban J connectivity index is 3.18. The van der Waals surface area contributed by atoms with E-state index in [9.17, 15) is 28.1 Å². The van der Waals surface area contributed by atoms with E-state index in [1.807, 2.05) is 0 Å². The third-order valence-corrected chi connectivity index (χ3v) is 3.20. The average molecular weight is 358 g/mol. The Kier molecular flexibility index (Phi) is 5.36. The van der Waals surface area contributed by atoms with Crippen molar-refractivity contribution in [2.75, 3.05) is 5.33 Å². The fraction of sp³-hybridized carbons (Fsp3) is 0.300. The van der Waals surface area contributed by atoms with Crippen molar-refractivity contribution >= 4 is 39.2 Å². The summed E-state index contributed by atoms with van der Waals surface area (Å²) in [6.07, 6.45) is 0.105. The number of benzene rings is 1. The van der Waals surface area contributed by atoms with Gasteiger partial charge in [-0.05, 0) is 23.9 Å². The third kappa shape index (κ3) is 4.83. The van der Waals surface area contributed by atoms with Gasteiger partial charge in [-0.2, -0.15) is 13.2 Å². The molecule has 0 saturated heterocycles. The van der Waals surface area contributed by atoms with Gasteiger partial charge >= 0.3 is 5.51 Å². The van der Waals surface area contributed by atoms with E-state index in [0.29, 0.717) is 5.33 Å². The SMILES string of the molecule is O=C(CCBr)c1ccc([N+](=O)[O-])c(SC(F)(F)F)c1. The van der Waals surface area contributed by atoms with Crippen molar-refractivity contribution in [3.05, 3.63) is 33.9 Å². The van der Waals surface area contributed by atoms with Crippen LogP contribution in [0.1, 0.15) is 16.8 Å². The first-order valence-electron chi connectivity index (χ1n) is 4.88. The third-order valence-electron chi connectivity index (χ3n) is 2.03. The summed E-state index contributed by atoms with van der Waals surface area (Å²) in [5, 5.41) is 11.0. The number of nitro benzene ring substituents is 1. The normalized spacial score (nSPS) is 11.4. The predicted octanol–water partition coefficient (Wildman–Crippen LogP) is 4.17. The van der Waals surface area contributed by atoms with Crippen molar-refractivity contribution < 1.29 is 22.9 Å². The zero-order valence-electron chi connectivity index (χ0n) is 9.24. The van der Waals surface area contributed by atoms with E-state index in [0.717, 1.165) is 18.2 Å². The van der Waals surface area contributed by atoms with Crippen molar-refractivity contribution in [1.82, 2.24) is 0 Å². The molecule has 0 aliphatic rings. The molecule has 19 heavy (non-hydrogen) atoms. The number of carbonyl (C=O) groups excluding carboxylic acids is 1. The van der Waals surface area contributed by atoms with Gasteiger partial charge in [0.2, 0.25) is 0 Å². The average Bonchev–Trinajstić information content (AvgIpc) is 2.26. The largest absolute Gasteiger partial charge is 0.446 e. The zero-order chi connectivity index (χ0) is 14.6. The summed E-state index contributed by atoms with van der Waals surface area (Å²) in [7, 11) is 0. The summed E-state index contributed by atoms with van der Waals surface area (Å²) in [5.41, 5.74) is -5.29. The molecular weight excluding hydrogens is 351 g/mol. The number of ketones is 1. The Labute approximate surface area is 118 Å². The second-order valence-electron chi connectivity index (χ2n) is 3.35. The maximum atomic E-state index is 12.3. The molecule has 1 aromatic carbocycles. The molecule has 0 aliphatic carbocycles. The van der Waals surface area contributed by atoms with Gasteiger partial charge in [0.25, 0.3) is 5.69 Å². The lowest BCUT2D eigenvalue weighted by molar-refractivity contribution is -0.387. The zero-order valence-corrected chi connectivity index (χ0v) is 11.6. The number of thioether (sulfide) groups is 1. The minimum atomic E-state index is -4.65. The first kappa shape index (κ1) is 16.0. The molecule has 9 heteroatoms. The highest BCUT2D eigenvalue weighted by Crippen LogP contribution is 2.41. The molecule has 1 aromatic rings. The van der Waals surface area contributed by atoms with E-state index < -0.39 is 32.8 Å². The Morgan fingerprint density at radius 3 is 2.53 bits per heavy atom. The van der Waals surface area contributed by atoms with Crippen molar-refractivity contribution in [1.29, 1.82) is 0 Å². The quantitative estimate of drug-likeness (QED) is 0.261. The van der Waals surface area contributed by atoms with Crippen LogP contribution in [0.15, 0.2) is 23.1 Å². The fourth-order valence-electron chi connectivity index (χ4n) is 1.27. The molecule has 0 atom stereocenters. The standard InChI is InChI=1S/C10H7BrF3NO3S/c11-4-3-8(16)6-1-2-7(15(17)18)9(5-6)19-10(12,13)14/h1-2,5H,3-4H2. The maximum absolute atomic E-state index is 12.3. The number of halogens is 4. The van der Waals surface area contributed by atoms with Crippen molar-refractivity contribution in [3.8, 4) is 0 Å². The van der Waals surface area contributed by atoms with Gasteiger partial charge in [0.05, 0.1) is 9.82 Å². The Morgan fingerprint density at radius 2 is 2.05 bits per heavy atom. The molecule has 4 nitrogen and oxygen atoms in total. The van der Waals surface area contributed by atoms with E-state index in [2.05, 4.69) is 15.9 Å². The number of hydrogen-bond donors (Lipinski definition) is 0. The molecule has 0 fully saturated rings. The first-order chi connectivity index (χ1) is 8.74. The number of rotatable bonds is 5. The lowest BCUT2D eigenvalue weighted by atomic mass is 10.1. The number of alkyl halides is 4. The van der Waals surface area contributed by atoms with Gasteiger partial charge in [-0.1, -0.05) is 15.9 Å². The van der Waals surface area contributed by atoms with Gasteiger partial charge in [-0.15, -0.1) is 0 Å². The Bertz CT molecular complexity index is 507. The number of carbonyl (C=O) groups is 1. The van der Waals surface area contributed by atoms with E-state index in [1.165, 1.54) is 0 Å². The molecule has 0 amide bonds. The molecule has 0 unspecified atom stereocenters. The van der Waals surface area contributed by atoms with E-state index in [4.69, 9.17) is 0 Å².